The number of nitrogens with one attached hydrogen (secondary N) is 3. The topological polar surface area (TPSA) is 132 Å². The number of nitrogens with zero attached hydrogens (tertiary/aromatic N) is 2. The van der Waals surface area contributed by atoms with Gasteiger partial charge in [-0.05, 0) is 66.5 Å². The molecule has 1 aromatic heterocycles. The van der Waals surface area contributed by atoms with Crippen LogP contribution in [0.5, 0.6) is 0 Å². The number of fused-ring (bicyclic) bond motifs is 2. The Bertz CT molecular complexity index is 1530. The van der Waals surface area contributed by atoms with Gasteiger partial charge < -0.3 is 15.2 Å². The van der Waals surface area contributed by atoms with Gasteiger partial charge in [0.15, 0.2) is 0 Å². The van der Waals surface area contributed by atoms with Crippen LogP contribution in [0.4, 0.5) is 5.69 Å². The largest absolute Gasteiger partial charge is 0.371 e. The molecule has 200 valence electrons. The van der Waals surface area contributed by atoms with Crippen LogP contribution in [-0.4, -0.2) is 65.6 Å². The highest BCUT2D eigenvalue weighted by Crippen LogP contribution is 2.35. The van der Waals surface area contributed by atoms with Crippen LogP contribution >= 0.6 is 0 Å². The number of aromatic amines is 1. The number of piperidine rings is 1. The number of benzene rings is 2. The van der Waals surface area contributed by atoms with Crippen LogP contribution in [0.3, 0.4) is 0 Å². The van der Waals surface area contributed by atoms with Gasteiger partial charge in [0.05, 0.1) is 17.0 Å². The number of hydrogen-bond donors (Lipinski definition) is 3. The van der Waals surface area contributed by atoms with Crippen LogP contribution in [0.2, 0.25) is 0 Å². The molecule has 3 N–H and O–H groups in total. The lowest BCUT2D eigenvalue weighted by Crippen LogP contribution is -2.54. The number of imide groups is 2. The van der Waals surface area contributed by atoms with Crippen molar-refractivity contribution in [1.82, 2.24) is 20.5 Å². The quantitative estimate of drug-likeness (QED) is 0.422. The lowest BCUT2D eigenvalue weighted by Gasteiger charge is -2.27. The van der Waals surface area contributed by atoms with E-state index in [-0.39, 0.29) is 41.7 Å². The van der Waals surface area contributed by atoms with Crippen molar-refractivity contribution in [2.45, 2.75) is 37.6 Å². The van der Waals surface area contributed by atoms with Crippen molar-refractivity contribution < 1.29 is 24.0 Å². The molecule has 2 saturated heterocycles. The minimum atomic E-state index is -0.985. The summed E-state index contributed by atoms with van der Waals surface area (Å²) in [5, 5.41) is 6.13. The molecule has 0 aliphatic carbocycles. The monoisotopic (exact) mass is 527 g/mol. The summed E-state index contributed by atoms with van der Waals surface area (Å²) in [5.74, 6) is -2.09. The summed E-state index contributed by atoms with van der Waals surface area (Å²) in [6.07, 6.45) is 3.68. The van der Waals surface area contributed by atoms with E-state index in [2.05, 4.69) is 20.5 Å². The smallest absolute Gasteiger partial charge is 0.262 e. The Balaban J connectivity index is 1.18. The minimum Gasteiger partial charge on any atom is -0.371 e. The van der Waals surface area contributed by atoms with E-state index in [1.54, 1.807) is 19.2 Å². The molecule has 3 aliphatic rings. The van der Waals surface area contributed by atoms with E-state index in [4.69, 9.17) is 0 Å². The SMILES string of the molecule is CNC(=O)C(CC1CCN(c2ccc3c(c2)C(=O)N(C2CCC(=O)NC2=O)C3=O)C1)c1ccc2cc[nH]c2c1. The number of amides is 5. The predicted molar refractivity (Wildman–Crippen MR) is 143 cm³/mol. The van der Waals surface area contributed by atoms with Crippen molar-refractivity contribution in [2.75, 3.05) is 25.0 Å². The number of hydrogen-bond acceptors (Lipinski definition) is 6. The molecule has 39 heavy (non-hydrogen) atoms. The van der Waals surface area contributed by atoms with Crippen LogP contribution < -0.4 is 15.5 Å². The molecular weight excluding hydrogens is 498 g/mol. The second-order valence-electron chi connectivity index (χ2n) is 10.5. The van der Waals surface area contributed by atoms with Gasteiger partial charge in [-0.25, -0.2) is 0 Å². The summed E-state index contributed by atoms with van der Waals surface area (Å²) in [6.45, 7) is 1.48. The Kier molecular flexibility index (Phi) is 6.17. The molecule has 0 spiro atoms. The predicted octanol–water partition coefficient (Wildman–Crippen LogP) is 2.32. The van der Waals surface area contributed by atoms with Crippen molar-refractivity contribution in [3.63, 3.8) is 0 Å². The summed E-state index contributed by atoms with van der Waals surface area (Å²) in [4.78, 5) is 69.3. The Hall–Kier alpha value is -4.47. The summed E-state index contributed by atoms with van der Waals surface area (Å²) in [6, 6.07) is 12.3. The number of likely N-dealkylation sites (N-methyl/N-ethyl adjacent to an activating group) is 1. The fraction of sp³-hybridized carbons (Fsp3) is 0.345. The standard InChI is InChI=1S/C29H29N5O5/c1-30-26(36)21(18-3-2-17-8-10-31-23(17)13-18)12-16-9-11-33(15-16)19-4-5-20-22(14-19)29(39)34(28(20)38)24-6-7-25(35)32-27(24)37/h2-5,8,10,13-14,16,21,24,31H,6-7,9,11-12,15H2,1H3,(H,30,36)(H,32,35,37). The second-order valence-corrected chi connectivity index (χ2v) is 10.5. The lowest BCUT2D eigenvalue weighted by atomic mass is 9.87. The Morgan fingerprint density at radius 3 is 2.64 bits per heavy atom. The molecule has 10 nitrogen and oxygen atoms in total. The van der Waals surface area contributed by atoms with Crippen molar-refractivity contribution in [3.8, 4) is 0 Å². The molecule has 6 rings (SSSR count). The highest BCUT2D eigenvalue weighted by molar-refractivity contribution is 6.23. The fourth-order valence-electron chi connectivity index (χ4n) is 6.10. The molecule has 0 bridgehead atoms. The summed E-state index contributed by atoms with van der Waals surface area (Å²) in [5.41, 5.74) is 3.33. The molecule has 5 amide bonds. The second kappa shape index (κ2) is 9.68. The van der Waals surface area contributed by atoms with Crippen molar-refractivity contribution in [2.24, 2.45) is 5.92 Å². The van der Waals surface area contributed by atoms with E-state index >= 15 is 0 Å². The summed E-state index contributed by atoms with van der Waals surface area (Å²) in [7, 11) is 1.66. The number of anilines is 1. The van der Waals surface area contributed by atoms with E-state index in [0.717, 1.165) is 46.6 Å². The van der Waals surface area contributed by atoms with Gasteiger partial charge in [-0.2, -0.15) is 0 Å². The number of carbonyl (C=O) groups excluding carboxylic acids is 5. The van der Waals surface area contributed by atoms with E-state index < -0.39 is 29.7 Å². The number of aromatic nitrogens is 1. The van der Waals surface area contributed by atoms with Gasteiger partial charge in [0.2, 0.25) is 17.7 Å². The van der Waals surface area contributed by atoms with Gasteiger partial charge in [0.1, 0.15) is 6.04 Å². The maximum atomic E-state index is 13.2. The molecule has 0 radical (unpaired) electrons. The third-order valence-electron chi connectivity index (χ3n) is 8.19. The van der Waals surface area contributed by atoms with Crippen LogP contribution in [0.15, 0.2) is 48.7 Å². The zero-order valence-corrected chi connectivity index (χ0v) is 21.5. The molecular formula is C29H29N5O5. The molecule has 10 heteroatoms. The van der Waals surface area contributed by atoms with Gasteiger partial charge in [-0.15, -0.1) is 0 Å². The van der Waals surface area contributed by atoms with Crippen LogP contribution in [0.1, 0.15) is 57.9 Å². The highest BCUT2D eigenvalue weighted by Gasteiger charge is 2.45. The number of carbonyl (C=O) groups is 5. The lowest BCUT2D eigenvalue weighted by molar-refractivity contribution is -0.136. The third-order valence-corrected chi connectivity index (χ3v) is 8.19. The molecule has 3 unspecified atom stereocenters. The first-order valence-electron chi connectivity index (χ1n) is 13.2. The molecule has 3 atom stereocenters. The number of rotatable bonds is 6. The van der Waals surface area contributed by atoms with Crippen LogP contribution in [-0.2, 0) is 14.4 Å². The van der Waals surface area contributed by atoms with Gasteiger partial charge in [-0.1, -0.05) is 12.1 Å². The van der Waals surface area contributed by atoms with Crippen LogP contribution in [0.25, 0.3) is 10.9 Å². The van der Waals surface area contributed by atoms with Crippen LogP contribution in [0, 0.1) is 5.92 Å². The first-order valence-corrected chi connectivity index (χ1v) is 13.2. The van der Waals surface area contributed by atoms with E-state index in [0.29, 0.717) is 6.42 Å². The zero-order valence-electron chi connectivity index (χ0n) is 21.5. The maximum absolute atomic E-state index is 13.2. The number of H-pyrrole nitrogens is 1. The summed E-state index contributed by atoms with van der Waals surface area (Å²) >= 11 is 0. The van der Waals surface area contributed by atoms with Gasteiger partial charge in [-0.3, -0.25) is 34.2 Å². The first kappa shape index (κ1) is 24.8. The maximum Gasteiger partial charge on any atom is 0.262 e. The van der Waals surface area contributed by atoms with E-state index in [9.17, 15) is 24.0 Å². The Labute approximate surface area is 224 Å². The molecule has 3 aromatic rings. The van der Waals surface area contributed by atoms with Gasteiger partial charge >= 0.3 is 0 Å². The average Bonchev–Trinajstić information content (AvgIpc) is 3.66. The van der Waals surface area contributed by atoms with Crippen molar-refractivity contribution in [3.05, 3.63) is 65.4 Å². The fourth-order valence-corrected chi connectivity index (χ4v) is 6.10. The van der Waals surface area contributed by atoms with Gasteiger partial charge in [0, 0.05) is 44.0 Å². The van der Waals surface area contributed by atoms with Crippen molar-refractivity contribution >= 4 is 46.1 Å². The van der Waals surface area contributed by atoms with E-state index in [1.165, 1.54) is 0 Å². The van der Waals surface area contributed by atoms with E-state index in [1.807, 2.05) is 36.5 Å². The molecule has 2 aromatic carbocycles. The normalized spacial score (nSPS) is 21.9. The highest BCUT2D eigenvalue weighted by atomic mass is 16.2. The molecule has 2 fully saturated rings. The van der Waals surface area contributed by atoms with Gasteiger partial charge in [0.25, 0.3) is 11.8 Å². The first-order chi connectivity index (χ1) is 18.8. The van der Waals surface area contributed by atoms with Crippen molar-refractivity contribution in [1.29, 1.82) is 0 Å². The molecule has 3 aliphatic heterocycles. The molecule has 4 heterocycles. The Morgan fingerprint density at radius 2 is 1.85 bits per heavy atom. The minimum absolute atomic E-state index is 0.0189. The zero-order chi connectivity index (χ0) is 27.3. The third kappa shape index (κ3) is 4.35. The Morgan fingerprint density at radius 1 is 1.03 bits per heavy atom. The average molecular weight is 528 g/mol. The molecule has 0 saturated carbocycles. The summed E-state index contributed by atoms with van der Waals surface area (Å²) < 4.78 is 0.